The van der Waals surface area contributed by atoms with Crippen LogP contribution in [-0.2, 0) is 6.54 Å². The molecule has 2 atom stereocenters. The van der Waals surface area contributed by atoms with E-state index in [4.69, 9.17) is 16.3 Å². The number of halogens is 1. The van der Waals surface area contributed by atoms with Crippen molar-refractivity contribution in [1.82, 2.24) is 5.32 Å². The molecule has 2 unspecified atom stereocenters. The van der Waals surface area contributed by atoms with E-state index in [0.717, 1.165) is 18.5 Å². The SMILES string of the molecule is COc1ccc(CNC(C)CC(C)O)cc1Cl. The first-order valence-corrected chi connectivity index (χ1v) is 6.14. The third kappa shape index (κ3) is 4.94. The standard InChI is InChI=1S/C13H20ClNO2/c1-9(6-10(2)16)15-8-11-4-5-13(17-3)12(14)7-11/h4-5,7,9-10,15-16H,6,8H2,1-3H3. The Bertz CT molecular complexity index is 355. The van der Waals surface area contributed by atoms with Crippen molar-refractivity contribution in [1.29, 1.82) is 0 Å². The van der Waals surface area contributed by atoms with Crippen molar-refractivity contribution in [2.24, 2.45) is 0 Å². The van der Waals surface area contributed by atoms with Gasteiger partial charge in [0.1, 0.15) is 5.75 Å². The molecule has 0 aliphatic carbocycles. The predicted molar refractivity (Wildman–Crippen MR) is 70.6 cm³/mol. The van der Waals surface area contributed by atoms with Crippen molar-refractivity contribution in [2.75, 3.05) is 7.11 Å². The van der Waals surface area contributed by atoms with Gasteiger partial charge in [-0.2, -0.15) is 0 Å². The average molecular weight is 258 g/mol. The van der Waals surface area contributed by atoms with Gasteiger partial charge in [0, 0.05) is 12.6 Å². The molecule has 0 spiro atoms. The zero-order chi connectivity index (χ0) is 12.8. The van der Waals surface area contributed by atoms with Crippen molar-refractivity contribution < 1.29 is 9.84 Å². The van der Waals surface area contributed by atoms with Crippen molar-refractivity contribution in [3.63, 3.8) is 0 Å². The first kappa shape index (κ1) is 14.3. The maximum absolute atomic E-state index is 9.25. The predicted octanol–water partition coefficient (Wildman–Crippen LogP) is 2.60. The van der Waals surface area contributed by atoms with E-state index in [1.165, 1.54) is 0 Å². The highest BCUT2D eigenvalue weighted by Gasteiger charge is 2.06. The van der Waals surface area contributed by atoms with Crippen LogP contribution in [0.1, 0.15) is 25.8 Å². The highest BCUT2D eigenvalue weighted by Crippen LogP contribution is 2.24. The highest BCUT2D eigenvalue weighted by molar-refractivity contribution is 6.32. The van der Waals surface area contributed by atoms with E-state index in [-0.39, 0.29) is 12.1 Å². The van der Waals surface area contributed by atoms with Crippen LogP contribution >= 0.6 is 11.6 Å². The summed E-state index contributed by atoms with van der Waals surface area (Å²) >= 11 is 6.04. The van der Waals surface area contributed by atoms with Gasteiger partial charge in [0.15, 0.2) is 0 Å². The second-order valence-electron chi connectivity index (χ2n) is 4.34. The van der Waals surface area contributed by atoms with Crippen LogP contribution in [0.3, 0.4) is 0 Å². The van der Waals surface area contributed by atoms with Crippen LogP contribution in [-0.4, -0.2) is 24.4 Å². The Morgan fingerprint density at radius 2 is 2.12 bits per heavy atom. The van der Waals surface area contributed by atoms with Gasteiger partial charge in [0.05, 0.1) is 18.2 Å². The molecule has 0 aromatic heterocycles. The Morgan fingerprint density at radius 3 is 2.65 bits per heavy atom. The van der Waals surface area contributed by atoms with Crippen molar-refractivity contribution in [3.8, 4) is 5.75 Å². The second-order valence-corrected chi connectivity index (χ2v) is 4.74. The molecule has 0 aliphatic heterocycles. The number of hydrogen-bond donors (Lipinski definition) is 2. The molecule has 1 rings (SSSR count). The normalized spacial score (nSPS) is 14.4. The number of nitrogens with one attached hydrogen (secondary N) is 1. The van der Waals surface area contributed by atoms with Crippen molar-refractivity contribution in [3.05, 3.63) is 28.8 Å². The largest absolute Gasteiger partial charge is 0.495 e. The summed E-state index contributed by atoms with van der Waals surface area (Å²) in [6, 6.07) is 6.00. The number of ether oxygens (including phenoxy) is 1. The van der Waals surface area contributed by atoms with Gasteiger partial charge in [-0.3, -0.25) is 0 Å². The van der Waals surface area contributed by atoms with E-state index in [2.05, 4.69) is 12.2 Å². The van der Waals surface area contributed by atoms with Gasteiger partial charge in [0.25, 0.3) is 0 Å². The van der Waals surface area contributed by atoms with Crippen molar-refractivity contribution >= 4 is 11.6 Å². The van der Waals surface area contributed by atoms with E-state index in [9.17, 15) is 5.11 Å². The molecule has 1 aromatic rings. The fourth-order valence-electron chi connectivity index (χ4n) is 1.71. The summed E-state index contributed by atoms with van der Waals surface area (Å²) in [6.45, 7) is 4.58. The lowest BCUT2D eigenvalue weighted by atomic mass is 10.1. The maximum Gasteiger partial charge on any atom is 0.137 e. The molecule has 0 saturated heterocycles. The van der Waals surface area contributed by atoms with E-state index < -0.39 is 0 Å². The Labute approximate surface area is 108 Å². The van der Waals surface area contributed by atoms with Crippen LogP contribution in [0.25, 0.3) is 0 Å². The van der Waals surface area contributed by atoms with E-state index in [0.29, 0.717) is 10.8 Å². The summed E-state index contributed by atoms with van der Waals surface area (Å²) in [5, 5.41) is 13.2. The summed E-state index contributed by atoms with van der Waals surface area (Å²) < 4.78 is 5.09. The molecular formula is C13H20ClNO2. The zero-order valence-corrected chi connectivity index (χ0v) is 11.3. The van der Waals surface area contributed by atoms with E-state index >= 15 is 0 Å². The average Bonchev–Trinajstić information content (AvgIpc) is 2.25. The molecule has 0 amide bonds. The number of methoxy groups -OCH3 is 1. The third-order valence-electron chi connectivity index (χ3n) is 2.57. The van der Waals surface area contributed by atoms with Crippen LogP contribution in [0.15, 0.2) is 18.2 Å². The molecule has 0 aliphatic rings. The van der Waals surface area contributed by atoms with E-state index in [1.807, 2.05) is 18.2 Å². The lowest BCUT2D eigenvalue weighted by molar-refractivity contribution is 0.170. The molecule has 96 valence electrons. The van der Waals surface area contributed by atoms with Gasteiger partial charge < -0.3 is 15.2 Å². The molecule has 17 heavy (non-hydrogen) atoms. The molecular weight excluding hydrogens is 238 g/mol. The first-order valence-electron chi connectivity index (χ1n) is 5.76. The fourth-order valence-corrected chi connectivity index (χ4v) is 1.99. The number of benzene rings is 1. The van der Waals surface area contributed by atoms with E-state index in [1.54, 1.807) is 14.0 Å². The first-order chi connectivity index (χ1) is 8.02. The minimum absolute atomic E-state index is 0.274. The third-order valence-corrected chi connectivity index (χ3v) is 2.86. The minimum Gasteiger partial charge on any atom is -0.495 e. The van der Waals surface area contributed by atoms with Crippen LogP contribution in [0.5, 0.6) is 5.75 Å². The second kappa shape index (κ2) is 6.84. The lowest BCUT2D eigenvalue weighted by Crippen LogP contribution is -2.28. The Morgan fingerprint density at radius 1 is 1.41 bits per heavy atom. The van der Waals surface area contributed by atoms with Gasteiger partial charge in [-0.1, -0.05) is 17.7 Å². The molecule has 4 heteroatoms. The number of hydrogen-bond acceptors (Lipinski definition) is 3. The molecule has 0 fully saturated rings. The molecule has 3 nitrogen and oxygen atoms in total. The lowest BCUT2D eigenvalue weighted by Gasteiger charge is -2.15. The van der Waals surface area contributed by atoms with Gasteiger partial charge in [-0.25, -0.2) is 0 Å². The molecule has 0 radical (unpaired) electrons. The smallest absolute Gasteiger partial charge is 0.137 e. The minimum atomic E-state index is -0.281. The highest BCUT2D eigenvalue weighted by atomic mass is 35.5. The summed E-state index contributed by atoms with van der Waals surface area (Å²) in [5.74, 6) is 0.687. The molecule has 0 saturated carbocycles. The number of aliphatic hydroxyl groups is 1. The van der Waals surface area contributed by atoms with Crippen LogP contribution < -0.4 is 10.1 Å². The summed E-state index contributed by atoms with van der Waals surface area (Å²) in [5.41, 5.74) is 1.10. The molecule has 1 aromatic carbocycles. The van der Waals surface area contributed by atoms with Crippen molar-refractivity contribution in [2.45, 2.75) is 39.0 Å². The fraction of sp³-hybridized carbons (Fsp3) is 0.538. The van der Waals surface area contributed by atoms with Gasteiger partial charge in [-0.05, 0) is 38.0 Å². The van der Waals surface area contributed by atoms with Crippen LogP contribution in [0.2, 0.25) is 5.02 Å². The van der Waals surface area contributed by atoms with Gasteiger partial charge >= 0.3 is 0 Å². The Kier molecular flexibility index (Phi) is 5.75. The monoisotopic (exact) mass is 257 g/mol. The number of rotatable bonds is 6. The Balaban J connectivity index is 2.49. The van der Waals surface area contributed by atoms with Crippen LogP contribution in [0.4, 0.5) is 0 Å². The van der Waals surface area contributed by atoms with Gasteiger partial charge in [0.2, 0.25) is 0 Å². The quantitative estimate of drug-likeness (QED) is 0.823. The molecule has 0 heterocycles. The summed E-state index contributed by atoms with van der Waals surface area (Å²) in [6.07, 6.45) is 0.459. The number of aliphatic hydroxyl groups excluding tert-OH is 1. The molecule has 0 bridgehead atoms. The van der Waals surface area contributed by atoms with Crippen LogP contribution in [0, 0.1) is 0 Å². The molecule has 2 N–H and O–H groups in total. The Hall–Kier alpha value is -0.770. The van der Waals surface area contributed by atoms with Gasteiger partial charge in [-0.15, -0.1) is 0 Å². The summed E-state index contributed by atoms with van der Waals surface area (Å²) in [7, 11) is 1.60. The zero-order valence-electron chi connectivity index (χ0n) is 10.5. The topological polar surface area (TPSA) is 41.5 Å². The summed E-state index contributed by atoms with van der Waals surface area (Å²) in [4.78, 5) is 0. The maximum atomic E-state index is 9.25.